The number of hydrogen-bond acceptors (Lipinski definition) is 5. The molecule has 0 aliphatic heterocycles. The average molecular weight is 229 g/mol. The third kappa shape index (κ3) is 3.59. The molecule has 0 radical (unpaired) electrons. The van der Waals surface area contributed by atoms with Gasteiger partial charge < -0.3 is 14.9 Å². The van der Waals surface area contributed by atoms with E-state index in [1.165, 1.54) is 6.08 Å². The van der Waals surface area contributed by atoms with Crippen molar-refractivity contribution in [3.05, 3.63) is 11.6 Å². The summed E-state index contributed by atoms with van der Waals surface area (Å²) in [6, 6.07) is -0.210. The first-order chi connectivity index (χ1) is 7.54. The molecule has 0 aromatic rings. The fraction of sp³-hybridized carbons (Fsp3) is 0.727. The molecule has 0 saturated carbocycles. The van der Waals surface area contributed by atoms with E-state index in [4.69, 9.17) is 9.84 Å². The minimum absolute atomic E-state index is 0.210. The molecule has 3 unspecified atom stereocenters. The fourth-order valence-electron chi connectivity index (χ4n) is 1.77. The number of nitrogens with one attached hydrogen (secondary N) is 1. The van der Waals surface area contributed by atoms with Gasteiger partial charge in [-0.1, -0.05) is 0 Å². The maximum absolute atomic E-state index is 11.4. The molecule has 1 aliphatic carbocycles. The molecule has 0 saturated heterocycles. The van der Waals surface area contributed by atoms with Gasteiger partial charge in [-0.25, -0.2) is 4.79 Å². The van der Waals surface area contributed by atoms with Gasteiger partial charge in [0, 0.05) is 11.6 Å². The second-order valence-electron chi connectivity index (χ2n) is 3.89. The van der Waals surface area contributed by atoms with Crippen LogP contribution in [0.15, 0.2) is 11.6 Å². The molecule has 1 rings (SSSR count). The summed E-state index contributed by atoms with van der Waals surface area (Å²) in [6.07, 6.45) is 1.23. The lowest BCUT2D eigenvalue weighted by molar-refractivity contribution is -0.138. The van der Waals surface area contributed by atoms with Gasteiger partial charge in [-0.15, -0.1) is 0 Å². The van der Waals surface area contributed by atoms with Crippen molar-refractivity contribution in [2.75, 3.05) is 6.61 Å². The number of aliphatic hydroxyl groups is 2. The quantitative estimate of drug-likeness (QED) is 0.464. The summed E-state index contributed by atoms with van der Waals surface area (Å²) in [4.78, 5) is 11.4. The Morgan fingerprint density at radius 2 is 2.44 bits per heavy atom. The highest BCUT2D eigenvalue weighted by molar-refractivity contribution is 5.88. The molecule has 0 aromatic carbocycles. The zero-order valence-electron chi connectivity index (χ0n) is 9.64. The van der Waals surface area contributed by atoms with E-state index in [2.05, 4.69) is 5.32 Å². The van der Waals surface area contributed by atoms with E-state index in [-0.39, 0.29) is 12.0 Å². The number of aliphatic hydroxyl groups excluding tert-OH is 2. The predicted octanol–water partition coefficient (Wildman–Crippen LogP) is -0.0729. The van der Waals surface area contributed by atoms with E-state index in [0.29, 0.717) is 25.0 Å². The summed E-state index contributed by atoms with van der Waals surface area (Å²) in [5.74, 6) is -0.364. The van der Waals surface area contributed by atoms with Gasteiger partial charge in [0.15, 0.2) is 0 Å². The number of carbonyl (C=O) groups excluding carboxylic acids is 1. The van der Waals surface area contributed by atoms with Gasteiger partial charge in [-0.2, -0.15) is 0 Å². The van der Waals surface area contributed by atoms with Crippen molar-refractivity contribution < 1.29 is 19.7 Å². The third-order valence-electron chi connectivity index (χ3n) is 2.50. The summed E-state index contributed by atoms with van der Waals surface area (Å²) in [5, 5.41) is 21.7. The Morgan fingerprint density at radius 3 is 2.94 bits per heavy atom. The highest BCUT2D eigenvalue weighted by atomic mass is 16.5. The van der Waals surface area contributed by atoms with Gasteiger partial charge >= 0.3 is 5.97 Å². The Bertz CT molecular complexity index is 275. The Kier molecular flexibility index (Phi) is 4.92. The van der Waals surface area contributed by atoms with Crippen LogP contribution in [0.1, 0.15) is 26.7 Å². The Labute approximate surface area is 95.1 Å². The van der Waals surface area contributed by atoms with Crippen LogP contribution < -0.4 is 5.32 Å². The van der Waals surface area contributed by atoms with Crippen LogP contribution in [0, 0.1) is 0 Å². The molecule has 0 fully saturated rings. The number of ether oxygens (including phenoxy) is 1. The van der Waals surface area contributed by atoms with Crippen molar-refractivity contribution in [1.29, 1.82) is 0 Å². The van der Waals surface area contributed by atoms with Gasteiger partial charge in [0.1, 0.15) is 6.23 Å². The highest BCUT2D eigenvalue weighted by Gasteiger charge is 2.26. The number of esters is 1. The maximum atomic E-state index is 11.4. The van der Waals surface area contributed by atoms with Crippen molar-refractivity contribution in [2.45, 2.75) is 45.1 Å². The van der Waals surface area contributed by atoms with E-state index >= 15 is 0 Å². The summed E-state index contributed by atoms with van der Waals surface area (Å²) < 4.78 is 4.86. The minimum Gasteiger partial charge on any atom is -0.463 e. The van der Waals surface area contributed by atoms with Crippen molar-refractivity contribution >= 4 is 5.97 Å². The lowest BCUT2D eigenvalue weighted by Crippen LogP contribution is -2.45. The SMILES string of the molecule is CCOC(=O)C1=CC(O)C(NC(C)O)CC1. The van der Waals surface area contributed by atoms with Crippen LogP contribution in [-0.2, 0) is 9.53 Å². The third-order valence-corrected chi connectivity index (χ3v) is 2.50. The molecular formula is C11H19NO4. The Hall–Kier alpha value is -0.910. The molecule has 5 heteroatoms. The van der Waals surface area contributed by atoms with Crippen LogP contribution in [0.25, 0.3) is 0 Å². The molecule has 0 amide bonds. The zero-order valence-corrected chi connectivity index (χ0v) is 9.64. The van der Waals surface area contributed by atoms with Crippen molar-refractivity contribution in [3.8, 4) is 0 Å². The van der Waals surface area contributed by atoms with Crippen molar-refractivity contribution in [3.63, 3.8) is 0 Å². The number of carbonyl (C=O) groups is 1. The summed E-state index contributed by atoms with van der Waals surface area (Å²) in [6.45, 7) is 3.68. The first-order valence-corrected chi connectivity index (χ1v) is 5.54. The number of hydrogen-bond donors (Lipinski definition) is 3. The van der Waals surface area contributed by atoms with Crippen molar-refractivity contribution in [1.82, 2.24) is 5.32 Å². The van der Waals surface area contributed by atoms with Crippen LogP contribution in [-0.4, -0.2) is 41.2 Å². The second-order valence-corrected chi connectivity index (χ2v) is 3.89. The maximum Gasteiger partial charge on any atom is 0.333 e. The van der Waals surface area contributed by atoms with E-state index in [0.717, 1.165) is 0 Å². The monoisotopic (exact) mass is 229 g/mol. The van der Waals surface area contributed by atoms with Crippen molar-refractivity contribution in [2.24, 2.45) is 0 Å². The van der Waals surface area contributed by atoms with E-state index < -0.39 is 12.3 Å². The molecule has 5 nitrogen and oxygen atoms in total. The van der Waals surface area contributed by atoms with E-state index in [1.54, 1.807) is 13.8 Å². The molecule has 0 heterocycles. The zero-order chi connectivity index (χ0) is 12.1. The lowest BCUT2D eigenvalue weighted by atomic mass is 9.93. The van der Waals surface area contributed by atoms with Gasteiger partial charge in [0.05, 0.1) is 12.7 Å². The standard InChI is InChI=1S/C11H19NO4/c1-3-16-11(15)8-4-5-9(10(14)6-8)12-7(2)13/h6-7,9-10,12-14H,3-5H2,1-2H3. The molecule has 0 aromatic heterocycles. The van der Waals surface area contributed by atoms with Crippen LogP contribution in [0.3, 0.4) is 0 Å². The second kappa shape index (κ2) is 5.98. The normalized spacial score (nSPS) is 27.1. The first kappa shape index (κ1) is 13.2. The first-order valence-electron chi connectivity index (χ1n) is 5.54. The van der Waals surface area contributed by atoms with Crippen LogP contribution >= 0.6 is 0 Å². The Balaban J connectivity index is 2.58. The van der Waals surface area contributed by atoms with Crippen LogP contribution in [0.2, 0.25) is 0 Å². The molecule has 3 atom stereocenters. The van der Waals surface area contributed by atoms with Gasteiger partial charge in [0.25, 0.3) is 0 Å². The molecule has 16 heavy (non-hydrogen) atoms. The summed E-state index contributed by atoms with van der Waals surface area (Å²) in [5.41, 5.74) is 0.512. The average Bonchev–Trinajstić information content (AvgIpc) is 2.20. The Morgan fingerprint density at radius 1 is 1.75 bits per heavy atom. The van der Waals surface area contributed by atoms with Crippen LogP contribution in [0.4, 0.5) is 0 Å². The fourth-order valence-corrected chi connectivity index (χ4v) is 1.77. The topological polar surface area (TPSA) is 78.8 Å². The summed E-state index contributed by atoms with van der Waals surface area (Å²) >= 11 is 0. The highest BCUT2D eigenvalue weighted by Crippen LogP contribution is 2.20. The molecule has 0 spiro atoms. The molecule has 0 bridgehead atoms. The minimum atomic E-state index is -0.761. The predicted molar refractivity (Wildman–Crippen MR) is 58.6 cm³/mol. The summed E-state index contributed by atoms with van der Waals surface area (Å²) in [7, 11) is 0. The molecule has 92 valence electrons. The van der Waals surface area contributed by atoms with E-state index in [9.17, 15) is 9.90 Å². The lowest BCUT2D eigenvalue weighted by Gasteiger charge is -2.28. The molecule has 1 aliphatic rings. The molecular weight excluding hydrogens is 210 g/mol. The van der Waals surface area contributed by atoms with Gasteiger partial charge in [-0.05, 0) is 32.8 Å². The smallest absolute Gasteiger partial charge is 0.333 e. The van der Waals surface area contributed by atoms with Gasteiger partial charge in [0.2, 0.25) is 0 Å². The van der Waals surface area contributed by atoms with Crippen LogP contribution in [0.5, 0.6) is 0 Å². The largest absolute Gasteiger partial charge is 0.463 e. The van der Waals surface area contributed by atoms with E-state index in [1.807, 2.05) is 0 Å². The molecule has 3 N–H and O–H groups in total. The van der Waals surface area contributed by atoms with Gasteiger partial charge in [-0.3, -0.25) is 5.32 Å². The number of rotatable bonds is 4.